The third kappa shape index (κ3) is 2.34. The van der Waals surface area contributed by atoms with Crippen molar-refractivity contribution in [2.75, 3.05) is 11.4 Å². The summed E-state index contributed by atoms with van der Waals surface area (Å²) in [7, 11) is 0. The standard InChI is InChI=1S/C18H12FN3O4/c19-10-5-7-11(8-6-10)22-17(24)16-15(21(18(22)25)9-14(20)23)12-3-1-2-4-13(12)26-16/h1-8,16H,9H2,(H-,20,23)/p+1. The van der Waals surface area contributed by atoms with Crippen molar-refractivity contribution in [1.82, 2.24) is 0 Å². The molecule has 2 aromatic carbocycles. The molecule has 0 radical (unpaired) electrons. The third-order valence-electron chi connectivity index (χ3n) is 4.21. The van der Waals surface area contributed by atoms with E-state index in [9.17, 15) is 18.8 Å². The van der Waals surface area contributed by atoms with Gasteiger partial charge in [0.05, 0.1) is 5.56 Å². The van der Waals surface area contributed by atoms with E-state index in [4.69, 9.17) is 10.5 Å². The molecule has 0 saturated heterocycles. The number of para-hydroxylation sites is 1. The highest BCUT2D eigenvalue weighted by Gasteiger charge is 2.54. The predicted octanol–water partition coefficient (Wildman–Crippen LogP) is 1.04. The van der Waals surface area contributed by atoms with Crippen LogP contribution >= 0.6 is 0 Å². The molecule has 2 aliphatic heterocycles. The van der Waals surface area contributed by atoms with Crippen LogP contribution in [0.4, 0.5) is 14.9 Å². The first-order valence-electron chi connectivity index (χ1n) is 7.79. The van der Waals surface area contributed by atoms with Gasteiger partial charge in [0, 0.05) is 0 Å². The van der Waals surface area contributed by atoms with Gasteiger partial charge in [0.1, 0.15) is 17.3 Å². The maximum Gasteiger partial charge on any atom is 0.506 e. The summed E-state index contributed by atoms with van der Waals surface area (Å²) < 4.78 is 20.0. The van der Waals surface area contributed by atoms with Crippen molar-refractivity contribution >= 4 is 29.2 Å². The Morgan fingerprint density at radius 3 is 2.54 bits per heavy atom. The molecule has 4 amide bonds. The molecule has 2 aliphatic rings. The van der Waals surface area contributed by atoms with Crippen LogP contribution in [0.1, 0.15) is 5.56 Å². The second kappa shape index (κ2) is 5.76. The lowest BCUT2D eigenvalue weighted by Gasteiger charge is -2.23. The molecular formula is C18H13FN3O4+. The highest BCUT2D eigenvalue weighted by atomic mass is 19.1. The molecule has 1 atom stereocenters. The van der Waals surface area contributed by atoms with Crippen LogP contribution in [0.25, 0.3) is 0 Å². The molecule has 1 unspecified atom stereocenters. The summed E-state index contributed by atoms with van der Waals surface area (Å²) in [6.07, 6.45) is -1.09. The Balaban J connectivity index is 1.89. The molecule has 130 valence electrons. The number of halogens is 1. The number of amides is 4. The molecule has 0 spiro atoms. The summed E-state index contributed by atoms with van der Waals surface area (Å²) in [4.78, 5) is 38.3. The van der Waals surface area contributed by atoms with Crippen molar-refractivity contribution in [1.29, 1.82) is 0 Å². The topological polar surface area (TPSA) is 92.7 Å². The first-order chi connectivity index (χ1) is 12.5. The molecular weight excluding hydrogens is 341 g/mol. The highest BCUT2D eigenvalue weighted by molar-refractivity contribution is 6.29. The zero-order valence-electron chi connectivity index (χ0n) is 13.4. The van der Waals surface area contributed by atoms with Crippen molar-refractivity contribution in [3.63, 3.8) is 0 Å². The largest absolute Gasteiger partial charge is 0.506 e. The molecule has 0 bridgehead atoms. The normalized spacial score (nSPS) is 18.5. The van der Waals surface area contributed by atoms with Crippen LogP contribution in [0.3, 0.4) is 0 Å². The molecule has 8 heteroatoms. The quantitative estimate of drug-likeness (QED) is 0.834. The molecule has 2 aromatic rings. The molecule has 0 aromatic heterocycles. The number of carbonyl (C=O) groups excluding carboxylic acids is 3. The van der Waals surface area contributed by atoms with E-state index in [2.05, 4.69) is 0 Å². The number of primary amides is 1. The molecule has 2 heterocycles. The number of hydrogen-bond acceptors (Lipinski definition) is 4. The highest BCUT2D eigenvalue weighted by Crippen LogP contribution is 2.33. The van der Waals surface area contributed by atoms with Gasteiger partial charge in [-0.05, 0) is 36.4 Å². The van der Waals surface area contributed by atoms with Gasteiger partial charge in [-0.3, -0.25) is 4.79 Å². The lowest BCUT2D eigenvalue weighted by Crippen LogP contribution is -2.59. The lowest BCUT2D eigenvalue weighted by molar-refractivity contribution is -0.417. The van der Waals surface area contributed by atoms with Gasteiger partial charge in [0.15, 0.2) is 12.3 Å². The lowest BCUT2D eigenvalue weighted by atomic mass is 10.0. The summed E-state index contributed by atoms with van der Waals surface area (Å²) in [5, 5.41) is 0. The van der Waals surface area contributed by atoms with Crippen LogP contribution < -0.4 is 15.4 Å². The van der Waals surface area contributed by atoms with E-state index >= 15 is 0 Å². The average molecular weight is 354 g/mol. The molecule has 0 saturated carbocycles. The van der Waals surface area contributed by atoms with E-state index in [1.807, 2.05) is 0 Å². The monoisotopic (exact) mass is 354 g/mol. The number of imide groups is 1. The summed E-state index contributed by atoms with van der Waals surface area (Å²) in [5.74, 6) is -1.42. The van der Waals surface area contributed by atoms with Gasteiger partial charge < -0.3 is 10.5 Å². The van der Waals surface area contributed by atoms with E-state index in [0.29, 0.717) is 11.3 Å². The average Bonchev–Trinajstić information content (AvgIpc) is 3.00. The fraction of sp³-hybridized carbons (Fsp3) is 0.111. The summed E-state index contributed by atoms with van der Waals surface area (Å²) in [6, 6.07) is 11.0. The van der Waals surface area contributed by atoms with Crippen molar-refractivity contribution in [3.8, 4) is 5.75 Å². The molecule has 2 N–H and O–H groups in total. The SMILES string of the molecule is NC(=O)C[N+]1=C2c3ccccc3OC2C(=O)N(c2ccc(F)cc2)C1=O. The first-order valence-corrected chi connectivity index (χ1v) is 7.79. The third-order valence-corrected chi connectivity index (χ3v) is 4.21. The number of hydrogen-bond donors (Lipinski definition) is 1. The van der Waals surface area contributed by atoms with Crippen molar-refractivity contribution in [2.24, 2.45) is 5.73 Å². The van der Waals surface area contributed by atoms with Crippen molar-refractivity contribution in [2.45, 2.75) is 6.10 Å². The van der Waals surface area contributed by atoms with Gasteiger partial charge in [0.2, 0.25) is 0 Å². The number of urea groups is 1. The van der Waals surface area contributed by atoms with Crippen molar-refractivity contribution in [3.05, 3.63) is 59.9 Å². The minimum atomic E-state index is -1.09. The van der Waals surface area contributed by atoms with Gasteiger partial charge in [0.25, 0.3) is 12.0 Å². The Kier molecular flexibility index (Phi) is 3.54. The second-order valence-corrected chi connectivity index (χ2v) is 5.86. The van der Waals surface area contributed by atoms with E-state index in [1.165, 1.54) is 12.1 Å². The van der Waals surface area contributed by atoms with E-state index in [-0.39, 0.29) is 11.4 Å². The smallest absolute Gasteiger partial charge is 0.469 e. The Labute approximate surface area is 147 Å². The van der Waals surface area contributed by atoms with Crippen molar-refractivity contribution < 1.29 is 28.1 Å². The number of fused-ring (bicyclic) bond motifs is 3. The van der Waals surface area contributed by atoms with Crippen LogP contribution in [-0.2, 0) is 9.59 Å². The fourth-order valence-corrected chi connectivity index (χ4v) is 3.13. The van der Waals surface area contributed by atoms with Crippen LogP contribution in [-0.4, -0.2) is 40.8 Å². The maximum absolute atomic E-state index is 13.2. The van der Waals surface area contributed by atoms with Crippen LogP contribution in [0.2, 0.25) is 0 Å². The summed E-state index contributed by atoms with van der Waals surface area (Å²) in [5.41, 5.74) is 6.30. The Bertz CT molecular complexity index is 984. The number of carbonyl (C=O) groups is 3. The van der Waals surface area contributed by atoms with Gasteiger partial charge >= 0.3 is 11.9 Å². The Hall–Kier alpha value is -3.55. The number of nitrogens with zero attached hydrogens (tertiary/aromatic N) is 2. The first kappa shape index (κ1) is 15.9. The van der Waals surface area contributed by atoms with Gasteiger partial charge in [-0.1, -0.05) is 12.1 Å². The maximum atomic E-state index is 13.2. The number of ether oxygens (including phenoxy) is 1. The van der Waals surface area contributed by atoms with Crippen LogP contribution in [0.5, 0.6) is 5.75 Å². The van der Waals surface area contributed by atoms with E-state index < -0.39 is 36.3 Å². The van der Waals surface area contributed by atoms with E-state index in [0.717, 1.165) is 21.6 Å². The molecule has 26 heavy (non-hydrogen) atoms. The molecule has 7 nitrogen and oxygen atoms in total. The zero-order chi connectivity index (χ0) is 18.4. The number of anilines is 1. The van der Waals surface area contributed by atoms with Crippen LogP contribution in [0, 0.1) is 5.82 Å². The fourth-order valence-electron chi connectivity index (χ4n) is 3.13. The Morgan fingerprint density at radius 2 is 1.85 bits per heavy atom. The zero-order valence-corrected chi connectivity index (χ0v) is 13.4. The summed E-state index contributed by atoms with van der Waals surface area (Å²) in [6.45, 7) is -0.409. The second-order valence-electron chi connectivity index (χ2n) is 5.86. The van der Waals surface area contributed by atoms with Gasteiger partial charge in [-0.15, -0.1) is 4.90 Å². The number of rotatable bonds is 3. The van der Waals surface area contributed by atoms with Gasteiger partial charge in [-0.25, -0.2) is 9.18 Å². The van der Waals surface area contributed by atoms with Crippen LogP contribution in [0.15, 0.2) is 48.5 Å². The number of nitrogens with two attached hydrogens (primary N) is 1. The molecule has 0 fully saturated rings. The predicted molar refractivity (Wildman–Crippen MR) is 88.6 cm³/mol. The van der Waals surface area contributed by atoms with E-state index in [1.54, 1.807) is 24.3 Å². The Morgan fingerprint density at radius 1 is 1.15 bits per heavy atom. The minimum Gasteiger partial charge on any atom is -0.469 e. The number of benzene rings is 2. The molecule has 4 rings (SSSR count). The summed E-state index contributed by atoms with van der Waals surface area (Å²) >= 11 is 0. The van der Waals surface area contributed by atoms with Gasteiger partial charge in [-0.2, -0.15) is 9.37 Å². The minimum absolute atomic E-state index is 0.175. The molecule has 0 aliphatic carbocycles.